The zero-order chi connectivity index (χ0) is 13.2. The van der Waals surface area contributed by atoms with Crippen molar-refractivity contribution in [2.24, 2.45) is 5.73 Å². The van der Waals surface area contributed by atoms with E-state index in [4.69, 9.17) is 15.0 Å². The molecule has 0 amide bonds. The van der Waals surface area contributed by atoms with E-state index in [1.54, 1.807) is 0 Å². The molecule has 1 aliphatic rings. The van der Waals surface area contributed by atoms with E-state index >= 15 is 0 Å². The predicted octanol–water partition coefficient (Wildman–Crippen LogP) is 1.05. The second-order valence-corrected chi connectivity index (χ2v) is 4.98. The number of hydrogen-bond acceptors (Lipinski definition) is 6. The maximum absolute atomic E-state index is 6.09. The molecule has 6 heteroatoms. The van der Waals surface area contributed by atoms with Crippen LogP contribution in [-0.4, -0.2) is 41.3 Å². The topological polar surface area (TPSA) is 77.4 Å². The van der Waals surface area contributed by atoms with Gasteiger partial charge in [0.2, 0.25) is 11.7 Å². The summed E-state index contributed by atoms with van der Waals surface area (Å²) >= 11 is 0. The van der Waals surface area contributed by atoms with Crippen LogP contribution in [0.5, 0.6) is 0 Å². The fraction of sp³-hybridized carbons (Fsp3) is 0.833. The Morgan fingerprint density at radius 2 is 2.28 bits per heavy atom. The van der Waals surface area contributed by atoms with Gasteiger partial charge in [0, 0.05) is 13.1 Å². The lowest BCUT2D eigenvalue weighted by atomic mass is 10.0. The van der Waals surface area contributed by atoms with Gasteiger partial charge < -0.3 is 15.0 Å². The second kappa shape index (κ2) is 5.34. The Morgan fingerprint density at radius 3 is 2.94 bits per heavy atom. The summed E-state index contributed by atoms with van der Waals surface area (Å²) < 4.78 is 10.9. The molecule has 2 atom stereocenters. The van der Waals surface area contributed by atoms with E-state index in [2.05, 4.69) is 22.0 Å². The quantitative estimate of drug-likeness (QED) is 0.865. The van der Waals surface area contributed by atoms with Crippen molar-refractivity contribution in [3.05, 3.63) is 11.7 Å². The smallest absolute Gasteiger partial charge is 0.246 e. The molecule has 18 heavy (non-hydrogen) atoms. The highest BCUT2D eigenvalue weighted by Gasteiger charge is 2.30. The summed E-state index contributed by atoms with van der Waals surface area (Å²) in [7, 11) is 0. The molecule has 2 N–H and O–H groups in total. The predicted molar refractivity (Wildman–Crippen MR) is 66.9 cm³/mol. The van der Waals surface area contributed by atoms with E-state index < -0.39 is 5.54 Å². The van der Waals surface area contributed by atoms with Crippen molar-refractivity contribution in [3.63, 3.8) is 0 Å². The average Bonchev–Trinajstić information content (AvgIpc) is 2.89. The highest BCUT2D eigenvalue weighted by atomic mass is 16.5. The molecule has 0 aromatic carbocycles. The van der Waals surface area contributed by atoms with Crippen molar-refractivity contribution in [1.29, 1.82) is 0 Å². The number of morpholine rings is 1. The van der Waals surface area contributed by atoms with E-state index in [0.717, 1.165) is 26.1 Å². The molecule has 1 aromatic heterocycles. The molecule has 6 nitrogen and oxygen atoms in total. The average molecular weight is 254 g/mol. The Morgan fingerprint density at radius 1 is 1.50 bits per heavy atom. The van der Waals surface area contributed by atoms with E-state index in [1.807, 2.05) is 13.8 Å². The molecule has 102 valence electrons. The molecule has 0 radical (unpaired) electrons. The third kappa shape index (κ3) is 2.71. The molecule has 0 aliphatic carbocycles. The summed E-state index contributed by atoms with van der Waals surface area (Å²) in [5.41, 5.74) is 5.52. The molecule has 2 heterocycles. The lowest BCUT2D eigenvalue weighted by Gasteiger charge is -2.30. The lowest BCUT2D eigenvalue weighted by Crippen LogP contribution is -2.38. The molecule has 0 spiro atoms. The molecule has 2 unspecified atom stereocenters. The fourth-order valence-corrected chi connectivity index (χ4v) is 1.89. The van der Waals surface area contributed by atoms with Crippen LogP contribution in [0.15, 0.2) is 4.52 Å². The van der Waals surface area contributed by atoms with Crippen LogP contribution < -0.4 is 5.73 Å². The fourth-order valence-electron chi connectivity index (χ4n) is 1.89. The molecular formula is C12H22N4O2. The maximum Gasteiger partial charge on any atom is 0.246 e. The number of hydrogen-bond donors (Lipinski definition) is 1. The van der Waals surface area contributed by atoms with Crippen LogP contribution >= 0.6 is 0 Å². The number of likely N-dealkylation sites (N-methyl/N-ethyl adjacent to an activating group) is 1. The molecule has 2 rings (SSSR count). The van der Waals surface area contributed by atoms with Crippen molar-refractivity contribution < 1.29 is 9.26 Å². The summed E-state index contributed by atoms with van der Waals surface area (Å²) in [4.78, 5) is 6.70. The highest BCUT2D eigenvalue weighted by Crippen LogP contribution is 2.24. The summed E-state index contributed by atoms with van der Waals surface area (Å²) in [5, 5.41) is 4.01. The minimum Gasteiger partial charge on any atom is -0.367 e. The summed E-state index contributed by atoms with van der Waals surface area (Å²) in [6.45, 7) is 9.51. The lowest BCUT2D eigenvalue weighted by molar-refractivity contribution is -0.0334. The second-order valence-electron chi connectivity index (χ2n) is 4.98. The first-order valence-electron chi connectivity index (χ1n) is 6.53. The number of nitrogens with two attached hydrogens (primary N) is 1. The van der Waals surface area contributed by atoms with Gasteiger partial charge in [-0.05, 0) is 19.9 Å². The molecule has 1 aromatic rings. The number of aromatic nitrogens is 2. The molecule has 1 aliphatic heterocycles. The highest BCUT2D eigenvalue weighted by molar-refractivity contribution is 5.02. The van der Waals surface area contributed by atoms with E-state index in [-0.39, 0.29) is 6.10 Å². The minimum absolute atomic E-state index is 0.108. The number of rotatable bonds is 4. The van der Waals surface area contributed by atoms with Crippen LogP contribution in [0.3, 0.4) is 0 Å². The Labute approximate surface area is 107 Å². The third-order valence-electron chi connectivity index (χ3n) is 3.55. The first-order chi connectivity index (χ1) is 8.56. The monoisotopic (exact) mass is 254 g/mol. The largest absolute Gasteiger partial charge is 0.367 e. The minimum atomic E-state index is -0.565. The van der Waals surface area contributed by atoms with E-state index in [1.165, 1.54) is 0 Å². The normalized spacial score (nSPS) is 25.0. The van der Waals surface area contributed by atoms with Crippen LogP contribution in [0.4, 0.5) is 0 Å². The van der Waals surface area contributed by atoms with Crippen molar-refractivity contribution in [2.45, 2.75) is 38.8 Å². The van der Waals surface area contributed by atoms with Crippen LogP contribution in [-0.2, 0) is 10.3 Å². The van der Waals surface area contributed by atoms with E-state index in [0.29, 0.717) is 18.3 Å². The zero-order valence-corrected chi connectivity index (χ0v) is 11.3. The van der Waals surface area contributed by atoms with Crippen molar-refractivity contribution in [1.82, 2.24) is 15.0 Å². The number of nitrogens with zero attached hydrogens (tertiary/aromatic N) is 3. The first kappa shape index (κ1) is 13.5. The van der Waals surface area contributed by atoms with Gasteiger partial charge >= 0.3 is 0 Å². The van der Waals surface area contributed by atoms with Crippen LogP contribution in [0.1, 0.15) is 45.0 Å². The van der Waals surface area contributed by atoms with Crippen molar-refractivity contribution in [2.75, 3.05) is 26.2 Å². The van der Waals surface area contributed by atoms with Crippen molar-refractivity contribution in [3.8, 4) is 0 Å². The third-order valence-corrected chi connectivity index (χ3v) is 3.55. The standard InChI is InChI=1S/C12H22N4O2/c1-4-12(3,13)11-14-10(15-18-11)9-8-16(5-2)6-7-17-9/h9H,4-8,13H2,1-3H3. The van der Waals surface area contributed by atoms with Crippen LogP contribution in [0.25, 0.3) is 0 Å². The molecular weight excluding hydrogens is 232 g/mol. The zero-order valence-electron chi connectivity index (χ0n) is 11.3. The summed E-state index contributed by atoms with van der Waals surface area (Å²) in [6, 6.07) is 0. The molecule has 0 bridgehead atoms. The molecule has 0 saturated carbocycles. The van der Waals surface area contributed by atoms with Crippen LogP contribution in [0, 0.1) is 0 Å². The Hall–Kier alpha value is -0.980. The number of ether oxygens (including phenoxy) is 1. The van der Waals surface area contributed by atoms with Gasteiger partial charge in [-0.25, -0.2) is 0 Å². The van der Waals surface area contributed by atoms with Gasteiger partial charge in [0.1, 0.15) is 6.10 Å². The van der Waals surface area contributed by atoms with Gasteiger partial charge in [0.05, 0.1) is 12.1 Å². The summed E-state index contributed by atoms with van der Waals surface area (Å²) in [5.74, 6) is 1.09. The first-order valence-corrected chi connectivity index (χ1v) is 6.53. The Bertz CT molecular complexity index is 391. The van der Waals surface area contributed by atoms with Gasteiger partial charge in [0.25, 0.3) is 0 Å². The maximum atomic E-state index is 6.09. The van der Waals surface area contributed by atoms with E-state index in [9.17, 15) is 0 Å². The van der Waals surface area contributed by atoms with Gasteiger partial charge in [-0.15, -0.1) is 0 Å². The Kier molecular flexibility index (Phi) is 3.99. The van der Waals surface area contributed by atoms with Crippen molar-refractivity contribution >= 4 is 0 Å². The van der Waals surface area contributed by atoms with Gasteiger partial charge in [-0.2, -0.15) is 4.98 Å². The van der Waals surface area contributed by atoms with Gasteiger partial charge in [-0.1, -0.05) is 19.0 Å². The van der Waals surface area contributed by atoms with Gasteiger partial charge in [0.15, 0.2) is 0 Å². The molecule has 1 saturated heterocycles. The Balaban J connectivity index is 2.10. The SMILES string of the molecule is CCN1CCOC(c2noc(C(C)(N)CC)n2)C1. The van der Waals surface area contributed by atoms with Gasteiger partial charge in [-0.3, -0.25) is 4.90 Å². The summed E-state index contributed by atoms with van der Waals surface area (Å²) in [6.07, 6.45) is 0.644. The van der Waals surface area contributed by atoms with Crippen LogP contribution in [0.2, 0.25) is 0 Å². The molecule has 1 fully saturated rings.